The number of aromatic nitrogens is 1. The maximum absolute atomic E-state index is 14.3. The van der Waals surface area contributed by atoms with E-state index in [9.17, 15) is 14.7 Å². The quantitative estimate of drug-likeness (QED) is 0.295. The van der Waals surface area contributed by atoms with Crippen LogP contribution in [0.3, 0.4) is 0 Å². The largest absolute Gasteiger partial charge is 0.507 e. The van der Waals surface area contributed by atoms with Gasteiger partial charge in [-0.25, -0.2) is 9.79 Å². The molecular formula is C36H46N2O4S. The molecule has 0 unspecified atom stereocenters. The van der Waals surface area contributed by atoms with E-state index in [0.717, 1.165) is 28.7 Å². The molecule has 1 atom stereocenters. The standard InChI is InChI=1S/C36H46N2O4S/c1-11-13-27-29(33(41)42-12-2)30(24-16-14-23(15-17-24)21(3)4)38-32(40)28(43-34(38)37-27)20-22-18-25(35(5,6)7)31(39)26(19-22)36(8,9)10/h14-21,30,39H,11-13H2,1-10H3/b28-20+/t30-/m1/s1. The normalized spacial score (nSPS) is 16.0. The summed E-state index contributed by atoms with van der Waals surface area (Å²) in [5, 5.41) is 11.2. The smallest absolute Gasteiger partial charge is 0.338 e. The average molecular weight is 603 g/mol. The van der Waals surface area contributed by atoms with Gasteiger partial charge < -0.3 is 9.84 Å². The fourth-order valence-electron chi connectivity index (χ4n) is 5.53. The molecule has 2 heterocycles. The molecule has 3 aromatic rings. The molecule has 0 fully saturated rings. The highest BCUT2D eigenvalue weighted by Crippen LogP contribution is 2.40. The van der Waals surface area contributed by atoms with Crippen LogP contribution < -0.4 is 14.9 Å². The number of fused-ring (bicyclic) bond motifs is 1. The molecule has 0 aliphatic carbocycles. The Kier molecular flexibility index (Phi) is 9.27. The second-order valence-electron chi connectivity index (χ2n) is 13.7. The molecule has 1 N–H and O–H groups in total. The highest BCUT2D eigenvalue weighted by molar-refractivity contribution is 7.07. The number of allylic oxidation sites excluding steroid dienone is 1. The van der Waals surface area contributed by atoms with Gasteiger partial charge in [-0.2, -0.15) is 0 Å². The first kappa shape index (κ1) is 32.5. The molecule has 1 aliphatic rings. The van der Waals surface area contributed by atoms with E-state index in [4.69, 9.17) is 9.73 Å². The van der Waals surface area contributed by atoms with Crippen LogP contribution in [0.1, 0.15) is 122 Å². The van der Waals surface area contributed by atoms with E-state index < -0.39 is 12.0 Å². The summed E-state index contributed by atoms with van der Waals surface area (Å²) in [6.45, 7) is 20.8. The first-order valence-corrected chi connectivity index (χ1v) is 16.1. The molecule has 7 heteroatoms. The van der Waals surface area contributed by atoms with Gasteiger partial charge in [0.15, 0.2) is 4.80 Å². The van der Waals surface area contributed by atoms with Gasteiger partial charge in [0.2, 0.25) is 0 Å². The van der Waals surface area contributed by atoms with Gasteiger partial charge in [0, 0.05) is 11.1 Å². The van der Waals surface area contributed by atoms with Crippen LogP contribution in [0.15, 0.2) is 57.5 Å². The number of benzene rings is 2. The fraction of sp³-hybridized carbons (Fsp3) is 0.472. The Morgan fingerprint density at radius 2 is 1.63 bits per heavy atom. The van der Waals surface area contributed by atoms with Crippen LogP contribution in [0.2, 0.25) is 0 Å². The fourth-order valence-corrected chi connectivity index (χ4v) is 6.55. The molecule has 0 spiro atoms. The minimum atomic E-state index is -0.643. The molecule has 0 radical (unpaired) electrons. The van der Waals surface area contributed by atoms with Crippen molar-refractivity contribution < 1.29 is 14.6 Å². The summed E-state index contributed by atoms with van der Waals surface area (Å²) < 4.78 is 7.71. The lowest BCUT2D eigenvalue weighted by Crippen LogP contribution is -2.40. The number of hydrogen-bond acceptors (Lipinski definition) is 6. The second-order valence-corrected chi connectivity index (χ2v) is 14.7. The van der Waals surface area contributed by atoms with Crippen LogP contribution in [-0.4, -0.2) is 22.2 Å². The number of thiazole rings is 1. The number of carbonyl (C=O) groups is 1. The maximum atomic E-state index is 14.3. The molecular weight excluding hydrogens is 556 g/mol. The van der Waals surface area contributed by atoms with Gasteiger partial charge in [0.1, 0.15) is 5.75 Å². The van der Waals surface area contributed by atoms with Gasteiger partial charge >= 0.3 is 5.97 Å². The molecule has 6 nitrogen and oxygen atoms in total. The van der Waals surface area contributed by atoms with Crippen molar-refractivity contribution in [2.45, 2.75) is 105 Å². The van der Waals surface area contributed by atoms with Crippen molar-refractivity contribution in [3.05, 3.63) is 95.2 Å². The van der Waals surface area contributed by atoms with Crippen molar-refractivity contribution in [2.24, 2.45) is 4.99 Å². The first-order chi connectivity index (χ1) is 20.1. The number of carbonyl (C=O) groups excluding carboxylic acids is 1. The highest BCUT2D eigenvalue weighted by atomic mass is 32.1. The van der Waals surface area contributed by atoms with E-state index in [1.165, 1.54) is 16.9 Å². The van der Waals surface area contributed by atoms with Gasteiger partial charge in [-0.15, -0.1) is 0 Å². The van der Waals surface area contributed by atoms with Crippen molar-refractivity contribution in [3.63, 3.8) is 0 Å². The van der Waals surface area contributed by atoms with E-state index in [0.29, 0.717) is 38.7 Å². The summed E-state index contributed by atoms with van der Waals surface area (Å²) in [5.74, 6) is 0.213. The van der Waals surface area contributed by atoms with Gasteiger partial charge in [0.05, 0.1) is 28.5 Å². The van der Waals surface area contributed by atoms with Gasteiger partial charge in [-0.1, -0.05) is 104 Å². The molecule has 4 rings (SSSR count). The number of ether oxygens (including phenoxy) is 1. The number of phenols is 1. The van der Waals surface area contributed by atoms with Gasteiger partial charge in [-0.05, 0) is 65.0 Å². The van der Waals surface area contributed by atoms with Crippen molar-refractivity contribution in [1.82, 2.24) is 4.57 Å². The van der Waals surface area contributed by atoms with Crippen molar-refractivity contribution in [1.29, 1.82) is 0 Å². The van der Waals surface area contributed by atoms with Crippen LogP contribution in [0.5, 0.6) is 5.75 Å². The van der Waals surface area contributed by atoms with E-state index in [2.05, 4.69) is 74.4 Å². The van der Waals surface area contributed by atoms with Gasteiger partial charge in [-0.3, -0.25) is 9.36 Å². The number of esters is 1. The number of phenolic OH excluding ortho intramolecular Hbond substituents is 1. The third kappa shape index (κ3) is 6.57. The predicted octanol–water partition coefficient (Wildman–Crippen LogP) is 7.00. The number of nitrogens with zero attached hydrogens (tertiary/aromatic N) is 2. The topological polar surface area (TPSA) is 80.9 Å². The Balaban J connectivity index is 2.02. The molecule has 0 bridgehead atoms. The molecule has 1 aliphatic heterocycles. The maximum Gasteiger partial charge on any atom is 0.338 e. The van der Waals surface area contributed by atoms with E-state index >= 15 is 0 Å². The van der Waals surface area contributed by atoms with E-state index in [1.54, 1.807) is 11.5 Å². The molecule has 0 amide bonds. The Hall–Kier alpha value is -3.45. The van der Waals surface area contributed by atoms with E-state index in [-0.39, 0.29) is 23.0 Å². The van der Waals surface area contributed by atoms with Crippen LogP contribution in [0.4, 0.5) is 0 Å². The molecule has 0 saturated heterocycles. The Bertz CT molecular complexity index is 1690. The van der Waals surface area contributed by atoms with Crippen LogP contribution in [0.25, 0.3) is 6.08 Å². The van der Waals surface area contributed by atoms with Crippen molar-refractivity contribution in [2.75, 3.05) is 6.61 Å². The summed E-state index contributed by atoms with van der Waals surface area (Å²) in [4.78, 5) is 33.2. The average Bonchev–Trinajstić information content (AvgIpc) is 3.22. The highest BCUT2D eigenvalue weighted by Gasteiger charge is 2.34. The Labute approximate surface area is 259 Å². The molecule has 1 aromatic heterocycles. The van der Waals surface area contributed by atoms with Crippen molar-refractivity contribution >= 4 is 23.4 Å². The lowest BCUT2D eigenvalue weighted by atomic mass is 9.78. The number of rotatable bonds is 7. The molecule has 43 heavy (non-hydrogen) atoms. The molecule has 2 aromatic carbocycles. The lowest BCUT2D eigenvalue weighted by Gasteiger charge is -2.27. The Morgan fingerprint density at radius 3 is 2.12 bits per heavy atom. The van der Waals surface area contributed by atoms with Crippen LogP contribution in [0, 0.1) is 0 Å². The summed E-state index contributed by atoms with van der Waals surface area (Å²) in [6, 6.07) is 11.4. The third-order valence-electron chi connectivity index (χ3n) is 7.86. The monoisotopic (exact) mass is 602 g/mol. The molecule has 0 saturated carbocycles. The summed E-state index contributed by atoms with van der Waals surface area (Å²) in [6.07, 6.45) is 3.29. The minimum absolute atomic E-state index is 0.207. The number of hydrogen-bond donors (Lipinski definition) is 1. The SMILES string of the molecule is CCCC1=C(C(=O)OCC)[C@@H](c2ccc(C(C)C)cc2)n2c(s/c(=C/c3cc(C(C)(C)C)c(O)c(C(C)(C)C)c3)c2=O)=N1. The first-order valence-electron chi connectivity index (χ1n) is 15.3. The van der Waals surface area contributed by atoms with Crippen molar-refractivity contribution in [3.8, 4) is 5.75 Å². The summed E-state index contributed by atoms with van der Waals surface area (Å²) in [5.41, 5.74) is 4.82. The van der Waals surface area contributed by atoms with Crippen LogP contribution >= 0.6 is 11.3 Å². The zero-order chi connectivity index (χ0) is 31.9. The number of aromatic hydroxyl groups is 1. The zero-order valence-corrected chi connectivity index (χ0v) is 28.1. The van der Waals surface area contributed by atoms with Crippen LogP contribution in [-0.2, 0) is 20.4 Å². The second kappa shape index (κ2) is 12.3. The predicted molar refractivity (Wildman–Crippen MR) is 176 cm³/mol. The minimum Gasteiger partial charge on any atom is -0.507 e. The Morgan fingerprint density at radius 1 is 1.05 bits per heavy atom. The third-order valence-corrected chi connectivity index (χ3v) is 8.84. The molecule has 230 valence electrons. The summed E-state index contributed by atoms with van der Waals surface area (Å²) in [7, 11) is 0. The summed E-state index contributed by atoms with van der Waals surface area (Å²) >= 11 is 1.33. The van der Waals surface area contributed by atoms with E-state index in [1.807, 2.05) is 30.3 Å². The van der Waals surface area contributed by atoms with Gasteiger partial charge in [0.25, 0.3) is 5.56 Å². The zero-order valence-electron chi connectivity index (χ0n) is 27.3. The lowest BCUT2D eigenvalue weighted by molar-refractivity contribution is -0.139.